The summed E-state index contributed by atoms with van der Waals surface area (Å²) in [7, 11) is 0. The average Bonchev–Trinajstić information content (AvgIpc) is 2.60. The Morgan fingerprint density at radius 1 is 1.28 bits per heavy atom. The maximum absolute atomic E-state index is 12.1. The van der Waals surface area contributed by atoms with E-state index >= 15 is 0 Å². The van der Waals surface area contributed by atoms with Gasteiger partial charge in [-0.3, -0.25) is 9.59 Å². The van der Waals surface area contributed by atoms with Crippen molar-refractivity contribution in [2.45, 2.75) is 40.3 Å². The van der Waals surface area contributed by atoms with Gasteiger partial charge < -0.3 is 20.3 Å². The number of anilines is 1. The van der Waals surface area contributed by atoms with E-state index in [4.69, 9.17) is 4.74 Å². The van der Waals surface area contributed by atoms with Crippen LogP contribution in [0.2, 0.25) is 0 Å². The second kappa shape index (κ2) is 8.29. The van der Waals surface area contributed by atoms with Crippen LogP contribution in [0.5, 0.6) is 0 Å². The fourth-order valence-corrected chi connectivity index (χ4v) is 2.32. The normalized spacial score (nSPS) is 16.2. The fourth-order valence-electron chi connectivity index (χ4n) is 2.32. The lowest BCUT2D eigenvalue weighted by atomic mass is 9.95. The van der Waals surface area contributed by atoms with E-state index in [2.05, 4.69) is 20.5 Å². The Labute approximate surface area is 149 Å². The molecule has 1 fully saturated rings. The summed E-state index contributed by atoms with van der Waals surface area (Å²) in [6.07, 6.45) is 1.77. The van der Waals surface area contributed by atoms with E-state index < -0.39 is 11.5 Å². The number of carbonyl (C=O) groups excluding carboxylic acids is 2. The molecule has 0 bridgehead atoms. The number of pyridine rings is 1. The molecule has 1 unspecified atom stereocenters. The van der Waals surface area contributed by atoms with E-state index in [0.717, 1.165) is 37.7 Å². The molecule has 1 aliphatic rings. The second-order valence-corrected chi connectivity index (χ2v) is 7.29. The minimum absolute atomic E-state index is 0.147. The van der Waals surface area contributed by atoms with Crippen LogP contribution >= 0.6 is 0 Å². The van der Waals surface area contributed by atoms with Crippen molar-refractivity contribution in [2.24, 2.45) is 5.41 Å². The summed E-state index contributed by atoms with van der Waals surface area (Å²) in [4.78, 5) is 30.7. The van der Waals surface area contributed by atoms with Crippen molar-refractivity contribution in [3.05, 3.63) is 23.9 Å². The van der Waals surface area contributed by atoms with Crippen molar-refractivity contribution in [3.63, 3.8) is 0 Å². The third kappa shape index (κ3) is 5.70. The van der Waals surface area contributed by atoms with Gasteiger partial charge in [0.1, 0.15) is 11.9 Å². The number of nitrogens with zero attached hydrogens (tertiary/aromatic N) is 2. The second-order valence-electron chi connectivity index (χ2n) is 7.29. The summed E-state index contributed by atoms with van der Waals surface area (Å²) in [6, 6.07) is 3.33. The highest BCUT2D eigenvalue weighted by atomic mass is 16.5. The van der Waals surface area contributed by atoms with Crippen LogP contribution in [0, 0.1) is 5.41 Å². The molecule has 0 saturated carbocycles. The van der Waals surface area contributed by atoms with Crippen LogP contribution in [0.1, 0.15) is 33.3 Å². The lowest BCUT2D eigenvalue weighted by Gasteiger charge is -2.27. The zero-order valence-electron chi connectivity index (χ0n) is 15.5. The number of ether oxygens (including phenoxy) is 1. The molecule has 1 aromatic rings. The third-order valence-electron chi connectivity index (χ3n) is 4.03. The lowest BCUT2D eigenvalue weighted by Crippen LogP contribution is -2.48. The van der Waals surface area contributed by atoms with Crippen LogP contribution in [0.25, 0.3) is 0 Å². The summed E-state index contributed by atoms with van der Waals surface area (Å²) in [5.74, 6) is 0.561. The number of morpholine rings is 1. The SMILES string of the molecule is CC(NC(=O)C(C)(C)C)C(=O)NCc1ccc(N2CCOCC2)nc1. The quantitative estimate of drug-likeness (QED) is 0.832. The molecule has 25 heavy (non-hydrogen) atoms. The largest absolute Gasteiger partial charge is 0.378 e. The predicted molar refractivity (Wildman–Crippen MR) is 96.2 cm³/mol. The lowest BCUT2D eigenvalue weighted by molar-refractivity contribution is -0.133. The van der Waals surface area contributed by atoms with Crippen molar-refractivity contribution in [1.82, 2.24) is 15.6 Å². The molecule has 7 nitrogen and oxygen atoms in total. The number of carbonyl (C=O) groups is 2. The summed E-state index contributed by atoms with van der Waals surface area (Å²) in [5, 5.41) is 5.55. The minimum Gasteiger partial charge on any atom is -0.378 e. The zero-order valence-corrected chi connectivity index (χ0v) is 15.5. The number of aromatic nitrogens is 1. The third-order valence-corrected chi connectivity index (χ3v) is 4.03. The molecule has 0 spiro atoms. The topological polar surface area (TPSA) is 83.6 Å². The molecule has 0 aliphatic carbocycles. The van der Waals surface area contributed by atoms with Crippen LogP contribution in [0.3, 0.4) is 0 Å². The highest BCUT2D eigenvalue weighted by molar-refractivity contribution is 5.89. The van der Waals surface area contributed by atoms with Crippen molar-refractivity contribution in [2.75, 3.05) is 31.2 Å². The molecular formula is C18H28N4O3. The van der Waals surface area contributed by atoms with Crippen molar-refractivity contribution in [1.29, 1.82) is 0 Å². The van der Waals surface area contributed by atoms with Gasteiger partial charge in [-0.15, -0.1) is 0 Å². The van der Waals surface area contributed by atoms with Crippen LogP contribution < -0.4 is 15.5 Å². The number of nitrogens with one attached hydrogen (secondary N) is 2. The van der Waals surface area contributed by atoms with Gasteiger partial charge in [0.15, 0.2) is 0 Å². The molecule has 138 valence electrons. The molecule has 1 saturated heterocycles. The number of amides is 2. The van der Waals surface area contributed by atoms with Gasteiger partial charge in [0, 0.05) is 31.2 Å². The maximum Gasteiger partial charge on any atom is 0.242 e. The summed E-state index contributed by atoms with van der Waals surface area (Å²) < 4.78 is 5.33. The van der Waals surface area contributed by atoms with E-state index in [0.29, 0.717) is 6.54 Å². The summed E-state index contributed by atoms with van der Waals surface area (Å²) in [6.45, 7) is 10.6. The highest BCUT2D eigenvalue weighted by Crippen LogP contribution is 2.14. The Kier molecular flexibility index (Phi) is 6.36. The van der Waals surface area contributed by atoms with Crippen LogP contribution in [-0.2, 0) is 20.9 Å². The Balaban J connectivity index is 1.82. The molecule has 0 aromatic carbocycles. The monoisotopic (exact) mass is 348 g/mol. The molecule has 2 amide bonds. The minimum atomic E-state index is -0.577. The molecule has 1 aliphatic heterocycles. The Morgan fingerprint density at radius 3 is 2.52 bits per heavy atom. The first-order valence-corrected chi connectivity index (χ1v) is 8.63. The van der Waals surface area contributed by atoms with Crippen molar-refractivity contribution >= 4 is 17.6 Å². The van der Waals surface area contributed by atoms with Crippen LogP contribution in [-0.4, -0.2) is 49.1 Å². The van der Waals surface area contributed by atoms with Crippen molar-refractivity contribution < 1.29 is 14.3 Å². The molecule has 2 N–H and O–H groups in total. The number of hydrogen-bond donors (Lipinski definition) is 2. The summed E-state index contributed by atoms with van der Waals surface area (Å²) >= 11 is 0. The molecule has 0 radical (unpaired) electrons. The van der Waals surface area contributed by atoms with Gasteiger partial charge in [-0.2, -0.15) is 0 Å². The van der Waals surface area contributed by atoms with Crippen LogP contribution in [0.15, 0.2) is 18.3 Å². The molecule has 2 rings (SSSR count). The zero-order chi connectivity index (χ0) is 18.4. The fraction of sp³-hybridized carbons (Fsp3) is 0.611. The van der Waals surface area contributed by atoms with Gasteiger partial charge in [-0.1, -0.05) is 26.8 Å². The number of hydrogen-bond acceptors (Lipinski definition) is 5. The van der Waals surface area contributed by atoms with Gasteiger partial charge in [0.05, 0.1) is 13.2 Å². The first kappa shape index (κ1) is 19.2. The van der Waals surface area contributed by atoms with E-state index in [1.807, 2.05) is 32.9 Å². The smallest absolute Gasteiger partial charge is 0.242 e. The van der Waals surface area contributed by atoms with Gasteiger partial charge in [-0.25, -0.2) is 4.98 Å². The van der Waals surface area contributed by atoms with Gasteiger partial charge in [0.2, 0.25) is 11.8 Å². The van der Waals surface area contributed by atoms with Crippen molar-refractivity contribution in [3.8, 4) is 0 Å². The maximum atomic E-state index is 12.1. The predicted octanol–water partition coefficient (Wildman–Crippen LogP) is 1.09. The standard InChI is InChI=1S/C18H28N4O3/c1-13(21-17(24)18(2,3)4)16(23)20-12-14-5-6-15(19-11-14)22-7-9-25-10-8-22/h5-6,11,13H,7-10,12H2,1-4H3,(H,20,23)(H,21,24). The van der Waals surface area contributed by atoms with E-state index in [9.17, 15) is 9.59 Å². The highest BCUT2D eigenvalue weighted by Gasteiger charge is 2.24. The van der Waals surface area contributed by atoms with Gasteiger partial charge in [0.25, 0.3) is 0 Å². The first-order chi connectivity index (χ1) is 11.8. The van der Waals surface area contributed by atoms with E-state index in [1.54, 1.807) is 13.1 Å². The Hall–Kier alpha value is -2.15. The van der Waals surface area contributed by atoms with Gasteiger partial charge >= 0.3 is 0 Å². The molecule has 7 heteroatoms. The van der Waals surface area contributed by atoms with E-state index in [-0.39, 0.29) is 11.8 Å². The number of rotatable bonds is 5. The first-order valence-electron chi connectivity index (χ1n) is 8.63. The Morgan fingerprint density at radius 2 is 1.96 bits per heavy atom. The summed E-state index contributed by atoms with van der Waals surface area (Å²) in [5.41, 5.74) is 0.396. The molecule has 1 atom stereocenters. The van der Waals surface area contributed by atoms with E-state index in [1.165, 1.54) is 0 Å². The van der Waals surface area contributed by atoms with Crippen LogP contribution in [0.4, 0.5) is 5.82 Å². The van der Waals surface area contributed by atoms with Gasteiger partial charge in [-0.05, 0) is 18.6 Å². The average molecular weight is 348 g/mol. The Bertz CT molecular complexity index is 589. The molecule has 2 heterocycles. The molecule has 1 aromatic heterocycles. The molecular weight excluding hydrogens is 320 g/mol.